The Labute approximate surface area is 457 Å². The average molecular weight is 1000 g/mol. The number of benzene rings is 12. The third-order valence-corrected chi connectivity index (χ3v) is 15.2. The first kappa shape index (κ1) is 47.7. The molecule has 0 unspecified atom stereocenters. The molecule has 0 fully saturated rings. The summed E-state index contributed by atoms with van der Waals surface area (Å²) in [6, 6.07) is 106. The zero-order chi connectivity index (χ0) is 52.5. The van der Waals surface area contributed by atoms with Crippen molar-refractivity contribution in [2.75, 3.05) is 9.80 Å². The Kier molecular flexibility index (Phi) is 12.6. The lowest BCUT2D eigenvalue weighted by Crippen LogP contribution is -2.09. The summed E-state index contributed by atoms with van der Waals surface area (Å²) in [5.41, 5.74) is 25.8. The molecule has 1 heterocycles. The molecule has 0 aliphatic carbocycles. The van der Waals surface area contributed by atoms with Crippen LogP contribution in [0.1, 0.15) is 16.7 Å². The first-order valence-electron chi connectivity index (χ1n) is 26.9. The van der Waals surface area contributed by atoms with Gasteiger partial charge < -0.3 is 14.4 Å². The van der Waals surface area contributed by atoms with E-state index in [1.807, 2.05) is 0 Å². The highest BCUT2D eigenvalue weighted by Crippen LogP contribution is 2.41. The van der Waals surface area contributed by atoms with Gasteiger partial charge in [0.2, 0.25) is 0 Å². The summed E-state index contributed by atoms with van der Waals surface area (Å²) >= 11 is 0. The minimum Gasteiger partial charge on any atom is -0.311 e. The van der Waals surface area contributed by atoms with Crippen LogP contribution in [0.25, 0.3) is 83.1 Å². The number of nitrogens with zero attached hydrogens (tertiary/aromatic N) is 3. The summed E-state index contributed by atoms with van der Waals surface area (Å²) in [5, 5.41) is 2.44. The quantitative estimate of drug-likeness (QED) is 0.121. The summed E-state index contributed by atoms with van der Waals surface area (Å²) in [6.07, 6.45) is 0. The largest absolute Gasteiger partial charge is 0.311 e. The number of hydrogen-bond acceptors (Lipinski definition) is 2. The SMILES string of the molecule is Cc1ccc(-c2ccc(-n3c4ccc(-c5ccc(-c6ccc(N(c7ccccc7)c7ccc(C)cc7)cc6)cc5)cc4c4cc(-c5ccc(-c6ccc(N(c7ccccc7)c7ccc(C)cc7)cc6)cc5)ccc43)cc2)cc1. The van der Waals surface area contributed by atoms with E-state index in [0.717, 1.165) is 39.8 Å². The monoisotopic (exact) mass is 999 g/mol. The van der Waals surface area contributed by atoms with Crippen LogP contribution in [0.3, 0.4) is 0 Å². The molecule has 0 amide bonds. The second kappa shape index (κ2) is 20.6. The molecule has 0 N–H and O–H groups in total. The molecule has 1 aromatic heterocycles. The first-order chi connectivity index (χ1) is 38.4. The predicted molar refractivity (Wildman–Crippen MR) is 332 cm³/mol. The number of fused-ring (bicyclic) bond motifs is 3. The molecule has 0 aliphatic rings. The normalized spacial score (nSPS) is 11.3. The lowest BCUT2D eigenvalue weighted by Gasteiger charge is -2.25. The topological polar surface area (TPSA) is 11.4 Å². The average Bonchev–Trinajstić information content (AvgIpc) is 3.94. The minimum atomic E-state index is 1.12. The number of hydrogen-bond donors (Lipinski definition) is 0. The highest BCUT2D eigenvalue weighted by molar-refractivity contribution is 6.11. The van der Waals surface area contributed by atoms with Crippen LogP contribution in [0.15, 0.2) is 291 Å². The maximum absolute atomic E-state index is 2.42. The highest BCUT2D eigenvalue weighted by atomic mass is 15.1. The van der Waals surface area contributed by atoms with E-state index < -0.39 is 0 Å². The summed E-state index contributed by atoms with van der Waals surface area (Å²) in [7, 11) is 0. The molecule has 372 valence electrons. The number of para-hydroxylation sites is 2. The number of rotatable bonds is 12. The van der Waals surface area contributed by atoms with E-state index in [1.54, 1.807) is 0 Å². The van der Waals surface area contributed by atoms with Crippen LogP contribution in [-0.4, -0.2) is 4.57 Å². The van der Waals surface area contributed by atoms with Crippen molar-refractivity contribution in [3.05, 3.63) is 308 Å². The van der Waals surface area contributed by atoms with Gasteiger partial charge in [0.1, 0.15) is 0 Å². The van der Waals surface area contributed by atoms with Gasteiger partial charge in [0.05, 0.1) is 11.0 Å². The van der Waals surface area contributed by atoms with Crippen LogP contribution in [0.5, 0.6) is 0 Å². The fourth-order valence-electron chi connectivity index (χ4n) is 11.0. The minimum absolute atomic E-state index is 1.12. The van der Waals surface area contributed by atoms with Gasteiger partial charge >= 0.3 is 0 Å². The Morgan fingerprint density at radius 2 is 0.449 bits per heavy atom. The van der Waals surface area contributed by atoms with Crippen molar-refractivity contribution in [3.63, 3.8) is 0 Å². The van der Waals surface area contributed by atoms with Crippen molar-refractivity contribution >= 4 is 55.9 Å². The predicted octanol–water partition coefficient (Wildman–Crippen LogP) is 21.0. The van der Waals surface area contributed by atoms with E-state index >= 15 is 0 Å². The van der Waals surface area contributed by atoms with Gasteiger partial charge in [-0.1, -0.05) is 199 Å². The molecule has 78 heavy (non-hydrogen) atoms. The molecule has 0 saturated carbocycles. The fourth-order valence-corrected chi connectivity index (χ4v) is 11.0. The molecular formula is C75H57N3. The van der Waals surface area contributed by atoms with Gasteiger partial charge in [-0.15, -0.1) is 0 Å². The van der Waals surface area contributed by atoms with E-state index in [-0.39, 0.29) is 0 Å². The molecular weight excluding hydrogens is 943 g/mol. The zero-order valence-corrected chi connectivity index (χ0v) is 44.1. The van der Waals surface area contributed by atoms with Gasteiger partial charge in [-0.2, -0.15) is 0 Å². The van der Waals surface area contributed by atoms with Crippen LogP contribution in [0.4, 0.5) is 34.1 Å². The van der Waals surface area contributed by atoms with Crippen LogP contribution in [-0.2, 0) is 0 Å². The van der Waals surface area contributed by atoms with E-state index in [0.29, 0.717) is 0 Å². The van der Waals surface area contributed by atoms with Gasteiger partial charge in [-0.05, 0) is 186 Å². The smallest absolute Gasteiger partial charge is 0.0541 e. The molecule has 0 spiro atoms. The molecule has 0 bridgehead atoms. The molecule has 0 aliphatic heterocycles. The lowest BCUT2D eigenvalue weighted by atomic mass is 9.97. The molecule has 3 nitrogen and oxygen atoms in total. The highest BCUT2D eigenvalue weighted by Gasteiger charge is 2.18. The molecule has 0 radical (unpaired) electrons. The maximum atomic E-state index is 2.42. The molecule has 13 rings (SSSR count). The zero-order valence-electron chi connectivity index (χ0n) is 44.1. The number of aryl methyl sites for hydroxylation is 3. The van der Waals surface area contributed by atoms with E-state index in [4.69, 9.17) is 0 Å². The molecule has 0 saturated heterocycles. The Morgan fingerprint density at radius 1 is 0.218 bits per heavy atom. The van der Waals surface area contributed by atoms with E-state index in [2.05, 4.69) is 326 Å². The van der Waals surface area contributed by atoms with Crippen molar-refractivity contribution in [1.29, 1.82) is 0 Å². The Hall–Kier alpha value is -9.96. The third kappa shape index (κ3) is 9.44. The molecule has 12 aromatic carbocycles. The second-order valence-corrected chi connectivity index (χ2v) is 20.5. The van der Waals surface area contributed by atoms with Crippen LogP contribution >= 0.6 is 0 Å². The van der Waals surface area contributed by atoms with Gasteiger partial charge in [-0.3, -0.25) is 0 Å². The van der Waals surface area contributed by atoms with Gasteiger partial charge in [0.15, 0.2) is 0 Å². The fraction of sp³-hybridized carbons (Fsp3) is 0.0400. The standard InChI is InChI=1S/C75H57N3/c1-52-14-20-55(21-15-52)58-34-46-71(47-35-58)78-74-48-36-63(61-26-22-56(23-27-61)59-30-42-69(43-31-59)76(65-10-6-4-7-11-65)67-38-16-53(2)17-39-67)50-72(74)73-51-64(37-49-75(73)78)62-28-24-57(25-29-62)60-32-44-70(45-33-60)77(66-12-8-5-9-13-66)68-40-18-54(3)19-41-68/h4-51H,1-3H3. The van der Waals surface area contributed by atoms with Crippen molar-refractivity contribution in [2.45, 2.75) is 20.8 Å². The Morgan fingerprint density at radius 3 is 0.782 bits per heavy atom. The van der Waals surface area contributed by atoms with E-state index in [9.17, 15) is 0 Å². The molecule has 0 atom stereocenters. The van der Waals surface area contributed by atoms with Crippen molar-refractivity contribution < 1.29 is 0 Å². The third-order valence-electron chi connectivity index (χ3n) is 15.2. The summed E-state index contributed by atoms with van der Waals surface area (Å²) in [6.45, 7) is 6.40. The molecule has 13 aromatic rings. The summed E-state index contributed by atoms with van der Waals surface area (Å²) in [5.74, 6) is 0. The number of aromatic nitrogens is 1. The number of anilines is 6. The van der Waals surface area contributed by atoms with Gasteiger partial charge in [-0.25, -0.2) is 0 Å². The van der Waals surface area contributed by atoms with E-state index in [1.165, 1.54) is 94.1 Å². The van der Waals surface area contributed by atoms with Crippen LogP contribution < -0.4 is 9.80 Å². The second-order valence-electron chi connectivity index (χ2n) is 20.5. The van der Waals surface area contributed by atoms with Gasteiger partial charge in [0.25, 0.3) is 0 Å². The molecule has 3 heteroatoms. The lowest BCUT2D eigenvalue weighted by molar-refractivity contribution is 1.18. The van der Waals surface area contributed by atoms with Crippen molar-refractivity contribution in [1.82, 2.24) is 4.57 Å². The van der Waals surface area contributed by atoms with Crippen molar-refractivity contribution in [3.8, 4) is 61.3 Å². The van der Waals surface area contributed by atoms with Crippen LogP contribution in [0, 0.1) is 20.8 Å². The Balaban J connectivity index is 0.822. The maximum Gasteiger partial charge on any atom is 0.0541 e. The van der Waals surface area contributed by atoms with Crippen LogP contribution in [0.2, 0.25) is 0 Å². The van der Waals surface area contributed by atoms with Gasteiger partial charge in [0, 0.05) is 50.6 Å². The summed E-state index contributed by atoms with van der Waals surface area (Å²) < 4.78 is 2.42. The van der Waals surface area contributed by atoms with Crippen molar-refractivity contribution in [2.24, 2.45) is 0 Å². The first-order valence-corrected chi connectivity index (χ1v) is 26.9. The Bertz CT molecular complexity index is 3950. The summed E-state index contributed by atoms with van der Waals surface area (Å²) in [4.78, 5) is 4.62.